The highest BCUT2D eigenvalue weighted by atomic mass is 127. The van der Waals surface area contributed by atoms with Crippen molar-refractivity contribution in [1.29, 1.82) is 0 Å². The number of hydrogen-bond acceptors (Lipinski definition) is 2. The molecule has 1 heterocycles. The molecule has 0 radical (unpaired) electrons. The Morgan fingerprint density at radius 2 is 2.22 bits per heavy atom. The standard InChI is InChI=1S/C6H13IN2/c1-6(2)5-8-3-4-9(6)7/h8H,3-5H2,1-2H3. The third-order valence-electron chi connectivity index (χ3n) is 1.70. The van der Waals surface area contributed by atoms with Crippen LogP contribution in [-0.4, -0.2) is 28.3 Å². The summed E-state index contributed by atoms with van der Waals surface area (Å²) >= 11 is 2.39. The van der Waals surface area contributed by atoms with Gasteiger partial charge in [-0.2, -0.15) is 0 Å². The Labute approximate surface area is 70.5 Å². The van der Waals surface area contributed by atoms with Gasteiger partial charge in [-0.25, -0.2) is 3.11 Å². The van der Waals surface area contributed by atoms with E-state index >= 15 is 0 Å². The summed E-state index contributed by atoms with van der Waals surface area (Å²) in [5.74, 6) is 0. The second-order valence-corrected chi connectivity index (χ2v) is 4.24. The molecule has 2 nitrogen and oxygen atoms in total. The average molecular weight is 240 g/mol. The molecule has 1 aliphatic heterocycles. The fourth-order valence-corrected chi connectivity index (χ4v) is 1.37. The maximum absolute atomic E-state index is 3.36. The Balaban J connectivity index is 2.49. The SMILES string of the molecule is CC1(C)CNCCN1I. The van der Waals surface area contributed by atoms with Crippen LogP contribution in [0.1, 0.15) is 13.8 Å². The number of halogens is 1. The minimum Gasteiger partial charge on any atom is -0.314 e. The van der Waals surface area contributed by atoms with Gasteiger partial charge in [0, 0.05) is 48.0 Å². The quantitative estimate of drug-likeness (QED) is 0.502. The Morgan fingerprint density at radius 3 is 2.56 bits per heavy atom. The number of nitrogens with zero attached hydrogens (tertiary/aromatic N) is 1. The molecule has 0 bridgehead atoms. The molecule has 0 amide bonds. The molecular weight excluding hydrogens is 227 g/mol. The van der Waals surface area contributed by atoms with Crippen molar-refractivity contribution in [2.45, 2.75) is 19.4 Å². The lowest BCUT2D eigenvalue weighted by Gasteiger charge is -2.38. The molecule has 1 rings (SSSR count). The molecule has 3 heteroatoms. The molecule has 1 N–H and O–H groups in total. The Kier molecular flexibility index (Phi) is 2.34. The van der Waals surface area contributed by atoms with Gasteiger partial charge in [-0.3, -0.25) is 0 Å². The van der Waals surface area contributed by atoms with Gasteiger partial charge < -0.3 is 5.32 Å². The Bertz CT molecular complexity index is 103. The normalized spacial score (nSPS) is 28.3. The minimum atomic E-state index is 0.346. The van der Waals surface area contributed by atoms with E-state index in [1.807, 2.05) is 0 Å². The van der Waals surface area contributed by atoms with Crippen molar-refractivity contribution >= 4 is 22.9 Å². The summed E-state index contributed by atoms with van der Waals surface area (Å²) in [5, 5.41) is 3.36. The van der Waals surface area contributed by atoms with Crippen molar-refractivity contribution in [3.63, 3.8) is 0 Å². The van der Waals surface area contributed by atoms with E-state index in [0.29, 0.717) is 5.54 Å². The van der Waals surface area contributed by atoms with E-state index in [4.69, 9.17) is 0 Å². The highest BCUT2D eigenvalue weighted by molar-refractivity contribution is 14.1. The Morgan fingerprint density at radius 1 is 1.56 bits per heavy atom. The van der Waals surface area contributed by atoms with Crippen molar-refractivity contribution in [2.24, 2.45) is 0 Å². The van der Waals surface area contributed by atoms with Gasteiger partial charge in [-0.15, -0.1) is 0 Å². The van der Waals surface area contributed by atoms with E-state index in [2.05, 4.69) is 45.1 Å². The fourth-order valence-electron chi connectivity index (χ4n) is 0.960. The molecule has 0 aromatic carbocycles. The van der Waals surface area contributed by atoms with E-state index in [1.165, 1.54) is 0 Å². The van der Waals surface area contributed by atoms with Gasteiger partial charge in [0.2, 0.25) is 0 Å². The molecule has 0 aliphatic carbocycles. The molecule has 9 heavy (non-hydrogen) atoms. The zero-order valence-corrected chi connectivity index (χ0v) is 8.10. The maximum Gasteiger partial charge on any atom is 0.0373 e. The van der Waals surface area contributed by atoms with Crippen LogP contribution in [0.15, 0.2) is 0 Å². The summed E-state index contributed by atoms with van der Waals surface area (Å²) in [6, 6.07) is 0. The molecule has 0 saturated carbocycles. The van der Waals surface area contributed by atoms with E-state index < -0.39 is 0 Å². The molecule has 54 valence electrons. The van der Waals surface area contributed by atoms with Crippen LogP contribution in [0.5, 0.6) is 0 Å². The minimum absolute atomic E-state index is 0.346. The van der Waals surface area contributed by atoms with Crippen LogP contribution in [0.3, 0.4) is 0 Å². The first-order valence-electron chi connectivity index (χ1n) is 3.27. The summed E-state index contributed by atoms with van der Waals surface area (Å²) in [5.41, 5.74) is 0.346. The number of rotatable bonds is 0. The zero-order valence-electron chi connectivity index (χ0n) is 5.95. The van der Waals surface area contributed by atoms with Crippen LogP contribution < -0.4 is 5.32 Å². The predicted molar refractivity (Wildman–Crippen MR) is 47.7 cm³/mol. The summed E-state index contributed by atoms with van der Waals surface area (Å²) in [4.78, 5) is 0. The molecule has 0 aromatic rings. The van der Waals surface area contributed by atoms with E-state index in [0.717, 1.165) is 19.6 Å². The van der Waals surface area contributed by atoms with Crippen LogP contribution in [0.4, 0.5) is 0 Å². The third-order valence-corrected chi connectivity index (χ3v) is 3.49. The average Bonchev–Trinajstić information content (AvgIpc) is 1.77. The summed E-state index contributed by atoms with van der Waals surface area (Å²) in [6.45, 7) is 7.91. The van der Waals surface area contributed by atoms with Crippen LogP contribution in [-0.2, 0) is 0 Å². The first kappa shape index (κ1) is 7.75. The van der Waals surface area contributed by atoms with Crippen LogP contribution in [0, 0.1) is 0 Å². The molecule has 1 saturated heterocycles. The van der Waals surface area contributed by atoms with Gasteiger partial charge >= 0.3 is 0 Å². The van der Waals surface area contributed by atoms with Crippen molar-refractivity contribution in [2.75, 3.05) is 19.6 Å². The van der Waals surface area contributed by atoms with Crippen molar-refractivity contribution < 1.29 is 0 Å². The van der Waals surface area contributed by atoms with Crippen LogP contribution in [0.2, 0.25) is 0 Å². The van der Waals surface area contributed by atoms with E-state index in [9.17, 15) is 0 Å². The molecular formula is C6H13IN2. The van der Waals surface area contributed by atoms with E-state index in [-0.39, 0.29) is 0 Å². The molecule has 0 atom stereocenters. The number of nitrogens with one attached hydrogen (secondary N) is 1. The first-order valence-corrected chi connectivity index (χ1v) is 4.23. The topological polar surface area (TPSA) is 15.3 Å². The van der Waals surface area contributed by atoms with Crippen LogP contribution >= 0.6 is 22.9 Å². The van der Waals surface area contributed by atoms with Gasteiger partial charge in [0.15, 0.2) is 0 Å². The van der Waals surface area contributed by atoms with Gasteiger partial charge in [0.1, 0.15) is 0 Å². The summed E-state index contributed by atoms with van der Waals surface area (Å²) < 4.78 is 2.36. The molecule has 0 unspecified atom stereocenters. The summed E-state index contributed by atoms with van der Waals surface area (Å²) in [7, 11) is 0. The lowest BCUT2D eigenvalue weighted by molar-refractivity contribution is 0.224. The van der Waals surface area contributed by atoms with Gasteiger partial charge in [-0.05, 0) is 13.8 Å². The molecule has 1 aliphatic rings. The van der Waals surface area contributed by atoms with Crippen LogP contribution in [0.25, 0.3) is 0 Å². The van der Waals surface area contributed by atoms with Crippen molar-refractivity contribution in [3.05, 3.63) is 0 Å². The van der Waals surface area contributed by atoms with Crippen molar-refractivity contribution in [3.8, 4) is 0 Å². The van der Waals surface area contributed by atoms with Gasteiger partial charge in [-0.1, -0.05) is 0 Å². The molecule has 0 aromatic heterocycles. The predicted octanol–water partition coefficient (Wildman–Crippen LogP) is 1.02. The first-order chi connectivity index (χ1) is 4.13. The highest BCUT2D eigenvalue weighted by Crippen LogP contribution is 2.19. The summed E-state index contributed by atoms with van der Waals surface area (Å²) in [6.07, 6.45) is 0. The van der Waals surface area contributed by atoms with E-state index in [1.54, 1.807) is 0 Å². The fraction of sp³-hybridized carbons (Fsp3) is 1.00. The maximum atomic E-state index is 3.36. The second kappa shape index (κ2) is 2.72. The van der Waals surface area contributed by atoms with Crippen molar-refractivity contribution in [1.82, 2.24) is 8.43 Å². The van der Waals surface area contributed by atoms with Gasteiger partial charge in [0.25, 0.3) is 0 Å². The Hall–Kier alpha value is 0.650. The number of piperazine rings is 1. The lowest BCUT2D eigenvalue weighted by Crippen LogP contribution is -2.53. The molecule has 1 fully saturated rings. The monoisotopic (exact) mass is 240 g/mol. The lowest BCUT2D eigenvalue weighted by atomic mass is 10.0. The third kappa shape index (κ3) is 1.78. The molecule has 0 spiro atoms. The van der Waals surface area contributed by atoms with Gasteiger partial charge in [0.05, 0.1) is 0 Å². The smallest absolute Gasteiger partial charge is 0.0373 e. The number of hydrogen-bond donors (Lipinski definition) is 1. The largest absolute Gasteiger partial charge is 0.314 e. The highest BCUT2D eigenvalue weighted by Gasteiger charge is 2.27. The second-order valence-electron chi connectivity index (χ2n) is 3.07. The zero-order chi connectivity index (χ0) is 6.91.